The molecule has 0 atom stereocenters. The molecule has 1 N–H and O–H groups in total. The van der Waals surface area contributed by atoms with E-state index in [1.54, 1.807) is 0 Å². The molecule has 2 nitrogen and oxygen atoms in total. The minimum atomic E-state index is 1.11. The Balaban J connectivity index is 2.62. The van der Waals surface area contributed by atoms with Crippen molar-refractivity contribution in [3.63, 3.8) is 0 Å². The first-order valence-corrected chi connectivity index (χ1v) is 2.03. The summed E-state index contributed by atoms with van der Waals surface area (Å²) in [4.78, 5) is 0. The van der Waals surface area contributed by atoms with Crippen molar-refractivity contribution < 1.29 is 5.21 Å². The molecule has 0 amide bonds. The van der Waals surface area contributed by atoms with Crippen LogP contribution in [0.1, 0.15) is 0 Å². The normalized spacial score (nSPS) is 9.80. The molecular formula is C2H4NOS. The lowest BCUT2D eigenvalue weighted by molar-refractivity contribution is 0.323. The van der Waals surface area contributed by atoms with Gasteiger partial charge in [-0.25, -0.2) is 0 Å². The van der Waals surface area contributed by atoms with Crippen LogP contribution < -0.4 is 0 Å². The Morgan fingerprint density at radius 3 is 2.60 bits per heavy atom. The van der Waals surface area contributed by atoms with E-state index in [-0.39, 0.29) is 0 Å². The molecule has 0 rings (SSSR count). The minimum Gasteiger partial charge on any atom is -0.410 e. The predicted molar refractivity (Wildman–Crippen MR) is 23.2 cm³/mol. The van der Waals surface area contributed by atoms with Crippen LogP contribution >= 0.6 is 11.8 Å². The van der Waals surface area contributed by atoms with Crippen LogP contribution in [0, 0.1) is 6.26 Å². The zero-order valence-corrected chi connectivity index (χ0v) is 3.40. The molecule has 0 aromatic carbocycles. The summed E-state index contributed by atoms with van der Waals surface area (Å²) in [6.07, 6.45) is 3.28. The molecule has 3 heteroatoms. The van der Waals surface area contributed by atoms with Crippen molar-refractivity contribution in [3.05, 3.63) is 6.26 Å². The molecule has 0 aliphatic rings. The summed E-state index contributed by atoms with van der Waals surface area (Å²) in [7, 11) is 0. The molecule has 0 aromatic rings. The van der Waals surface area contributed by atoms with E-state index in [4.69, 9.17) is 5.21 Å². The van der Waals surface area contributed by atoms with Gasteiger partial charge in [0.15, 0.2) is 0 Å². The Morgan fingerprint density at radius 1 is 2.00 bits per heavy atom. The van der Waals surface area contributed by atoms with E-state index in [9.17, 15) is 0 Å². The highest BCUT2D eigenvalue weighted by Gasteiger charge is 1.54. The average Bonchev–Trinajstić information content (AvgIpc) is 1.41. The fourth-order valence-corrected chi connectivity index (χ4v) is 0.100. The maximum absolute atomic E-state index is 7.57. The van der Waals surface area contributed by atoms with Crippen molar-refractivity contribution in [1.82, 2.24) is 0 Å². The second-order valence-electron chi connectivity index (χ2n) is 0.388. The molecule has 0 aliphatic heterocycles. The third-order valence-corrected chi connectivity index (χ3v) is 0.365. The van der Waals surface area contributed by atoms with Crippen LogP contribution in [0.4, 0.5) is 0 Å². The van der Waals surface area contributed by atoms with E-state index >= 15 is 0 Å². The largest absolute Gasteiger partial charge is 0.410 e. The SMILES string of the molecule is [CH2]S/C=N/O. The molecule has 0 heterocycles. The van der Waals surface area contributed by atoms with E-state index in [2.05, 4.69) is 11.4 Å². The van der Waals surface area contributed by atoms with Crippen molar-refractivity contribution >= 4 is 17.3 Å². The van der Waals surface area contributed by atoms with Gasteiger partial charge in [-0.05, 0) is 0 Å². The van der Waals surface area contributed by atoms with Gasteiger partial charge in [0.2, 0.25) is 0 Å². The predicted octanol–water partition coefficient (Wildman–Crippen LogP) is 0.929. The first-order chi connectivity index (χ1) is 2.41. The van der Waals surface area contributed by atoms with Gasteiger partial charge in [0.25, 0.3) is 0 Å². The third-order valence-electron chi connectivity index (χ3n) is 0.122. The highest BCUT2D eigenvalue weighted by Crippen LogP contribution is 1.82. The van der Waals surface area contributed by atoms with Crippen LogP contribution in [0.3, 0.4) is 0 Å². The maximum Gasteiger partial charge on any atom is 0.0991 e. The van der Waals surface area contributed by atoms with Crippen LogP contribution in [0.2, 0.25) is 0 Å². The summed E-state index contributed by atoms with van der Waals surface area (Å²) in [5.74, 6) is 0. The molecule has 0 bridgehead atoms. The Hall–Kier alpha value is -0.180. The lowest BCUT2D eigenvalue weighted by Gasteiger charge is -1.64. The van der Waals surface area contributed by atoms with Gasteiger partial charge in [-0.15, -0.1) is 11.8 Å². The van der Waals surface area contributed by atoms with Gasteiger partial charge >= 0.3 is 0 Å². The minimum absolute atomic E-state index is 1.11. The third kappa shape index (κ3) is 3.82. The number of hydrogen-bond donors (Lipinski definition) is 1. The Labute approximate surface area is 34.9 Å². The highest BCUT2D eigenvalue weighted by molar-refractivity contribution is 8.13. The van der Waals surface area contributed by atoms with E-state index in [1.165, 1.54) is 5.55 Å². The van der Waals surface area contributed by atoms with E-state index in [0.717, 1.165) is 11.8 Å². The van der Waals surface area contributed by atoms with Gasteiger partial charge in [-0.1, -0.05) is 5.16 Å². The van der Waals surface area contributed by atoms with Crippen molar-refractivity contribution in [1.29, 1.82) is 0 Å². The second kappa shape index (κ2) is 3.82. The van der Waals surface area contributed by atoms with Crippen LogP contribution in [0.5, 0.6) is 0 Å². The van der Waals surface area contributed by atoms with Crippen molar-refractivity contribution in [3.8, 4) is 0 Å². The first kappa shape index (κ1) is 4.82. The fourth-order valence-electron chi connectivity index (χ4n) is 0.0333. The van der Waals surface area contributed by atoms with E-state index in [0.29, 0.717) is 0 Å². The summed E-state index contributed by atoms with van der Waals surface area (Å²) in [5.41, 5.74) is 1.24. The molecule has 0 aromatic heterocycles. The number of rotatable bonds is 1. The Morgan fingerprint density at radius 2 is 2.60 bits per heavy atom. The summed E-state index contributed by atoms with van der Waals surface area (Å²) >= 11 is 1.11. The van der Waals surface area contributed by atoms with Gasteiger partial charge in [-0.3, -0.25) is 0 Å². The first-order valence-electron chi connectivity index (χ1n) is 0.983. The molecule has 29 valence electrons. The lowest BCUT2D eigenvalue weighted by Crippen LogP contribution is -1.51. The van der Waals surface area contributed by atoms with Gasteiger partial charge in [0.05, 0.1) is 5.55 Å². The highest BCUT2D eigenvalue weighted by atomic mass is 32.2. The van der Waals surface area contributed by atoms with Gasteiger partial charge in [-0.2, -0.15) is 0 Å². The number of hydrogen-bond acceptors (Lipinski definition) is 3. The Bertz CT molecular complexity index is 36.6. The molecule has 0 fully saturated rings. The van der Waals surface area contributed by atoms with Crippen molar-refractivity contribution in [2.24, 2.45) is 5.16 Å². The van der Waals surface area contributed by atoms with Crippen molar-refractivity contribution in [2.75, 3.05) is 0 Å². The molecule has 0 saturated carbocycles. The van der Waals surface area contributed by atoms with E-state index in [1.807, 2.05) is 0 Å². The molecule has 0 saturated heterocycles. The van der Waals surface area contributed by atoms with Crippen molar-refractivity contribution in [2.45, 2.75) is 0 Å². The summed E-state index contributed by atoms with van der Waals surface area (Å²) < 4.78 is 0. The summed E-state index contributed by atoms with van der Waals surface area (Å²) in [6.45, 7) is 0. The van der Waals surface area contributed by atoms with E-state index < -0.39 is 0 Å². The molecule has 5 heavy (non-hydrogen) atoms. The standard InChI is InChI=1S/C2H4NOS/c1-5-2-3-4/h2,4H,1H2/b3-2+. The van der Waals surface area contributed by atoms with Crippen LogP contribution in [0.15, 0.2) is 5.16 Å². The Kier molecular flexibility index (Phi) is 3.68. The zero-order valence-electron chi connectivity index (χ0n) is 2.59. The number of thioether (sulfide) groups is 1. The van der Waals surface area contributed by atoms with Gasteiger partial charge < -0.3 is 5.21 Å². The monoisotopic (exact) mass is 90.0 g/mol. The maximum atomic E-state index is 7.57. The fraction of sp³-hybridized carbons (Fsp3) is 0. The smallest absolute Gasteiger partial charge is 0.0991 e. The van der Waals surface area contributed by atoms with Gasteiger partial charge in [0, 0.05) is 6.26 Å². The van der Waals surface area contributed by atoms with Crippen LogP contribution in [-0.4, -0.2) is 10.8 Å². The molecule has 1 radical (unpaired) electrons. The summed E-state index contributed by atoms with van der Waals surface area (Å²) in [5, 5.41) is 10.2. The molecule has 0 unspecified atom stereocenters. The zero-order chi connectivity index (χ0) is 4.12. The number of nitrogens with zero attached hydrogens (tertiary/aromatic N) is 1. The second-order valence-corrected chi connectivity index (χ2v) is 0.932. The quantitative estimate of drug-likeness (QED) is 0.225. The van der Waals surface area contributed by atoms with Gasteiger partial charge in [0.1, 0.15) is 0 Å². The topological polar surface area (TPSA) is 32.6 Å². The molecular weight excluding hydrogens is 86.1 g/mol. The summed E-state index contributed by atoms with van der Waals surface area (Å²) in [6, 6.07) is 0. The number of oxime groups is 1. The lowest BCUT2D eigenvalue weighted by atomic mass is 11.7. The molecule has 0 aliphatic carbocycles. The molecule has 0 spiro atoms. The van der Waals surface area contributed by atoms with Crippen LogP contribution in [0.25, 0.3) is 0 Å². The van der Waals surface area contributed by atoms with Crippen LogP contribution in [-0.2, 0) is 0 Å². The average molecular weight is 90.1 g/mol.